The highest BCUT2D eigenvalue weighted by Gasteiger charge is 2.26. The molecule has 0 saturated heterocycles. The van der Waals surface area contributed by atoms with Crippen LogP contribution < -0.4 is 0 Å². The van der Waals surface area contributed by atoms with Crippen molar-refractivity contribution < 1.29 is 10.2 Å². The van der Waals surface area contributed by atoms with Crippen LogP contribution in [0.15, 0.2) is 0 Å². The molecular formula is C11H25NO2. The maximum atomic E-state index is 9.58. The maximum absolute atomic E-state index is 9.58. The van der Waals surface area contributed by atoms with Crippen LogP contribution in [0.5, 0.6) is 0 Å². The number of aliphatic hydroxyl groups excluding tert-OH is 2. The summed E-state index contributed by atoms with van der Waals surface area (Å²) in [6.45, 7) is 10.8. The van der Waals surface area contributed by atoms with Gasteiger partial charge < -0.3 is 15.1 Å². The molecule has 0 aliphatic heterocycles. The molecule has 0 bridgehead atoms. The normalized spacial score (nSPS) is 14.8. The van der Waals surface area contributed by atoms with E-state index in [1.165, 1.54) is 0 Å². The summed E-state index contributed by atoms with van der Waals surface area (Å²) in [4.78, 5) is 2.20. The molecular weight excluding hydrogens is 178 g/mol. The molecule has 0 spiro atoms. The van der Waals surface area contributed by atoms with Crippen LogP contribution >= 0.6 is 0 Å². The van der Waals surface area contributed by atoms with Crippen LogP contribution in [0.4, 0.5) is 0 Å². The monoisotopic (exact) mass is 203 g/mol. The van der Waals surface area contributed by atoms with Crippen molar-refractivity contribution in [3.8, 4) is 0 Å². The first-order valence-electron chi connectivity index (χ1n) is 5.45. The van der Waals surface area contributed by atoms with E-state index in [0.717, 1.165) is 19.5 Å². The largest absolute Gasteiger partial charge is 0.395 e. The molecule has 3 nitrogen and oxygen atoms in total. The topological polar surface area (TPSA) is 43.7 Å². The SMILES string of the molecule is CCCN(CCO)CC(C)(C)C(C)O. The zero-order valence-corrected chi connectivity index (χ0v) is 9.95. The van der Waals surface area contributed by atoms with Gasteiger partial charge in [0.2, 0.25) is 0 Å². The molecule has 0 aliphatic carbocycles. The number of hydrogen-bond donors (Lipinski definition) is 2. The van der Waals surface area contributed by atoms with Crippen LogP contribution in [-0.2, 0) is 0 Å². The van der Waals surface area contributed by atoms with Gasteiger partial charge in [0, 0.05) is 18.5 Å². The van der Waals surface area contributed by atoms with Crippen LogP contribution in [0.2, 0.25) is 0 Å². The molecule has 0 rings (SSSR count). The Morgan fingerprint density at radius 1 is 1.29 bits per heavy atom. The standard InChI is InChI=1S/C11H25NO2/c1-5-6-12(7-8-13)9-11(3,4)10(2)14/h10,13-14H,5-9H2,1-4H3. The van der Waals surface area contributed by atoms with Crippen molar-refractivity contribution in [2.45, 2.75) is 40.2 Å². The molecule has 1 unspecified atom stereocenters. The minimum Gasteiger partial charge on any atom is -0.395 e. The van der Waals surface area contributed by atoms with Gasteiger partial charge in [-0.15, -0.1) is 0 Å². The van der Waals surface area contributed by atoms with Gasteiger partial charge in [0.15, 0.2) is 0 Å². The summed E-state index contributed by atoms with van der Waals surface area (Å²) in [5.74, 6) is 0. The summed E-state index contributed by atoms with van der Waals surface area (Å²) < 4.78 is 0. The molecule has 0 aromatic rings. The fraction of sp³-hybridized carbons (Fsp3) is 1.00. The van der Waals surface area contributed by atoms with Gasteiger partial charge in [0.05, 0.1) is 12.7 Å². The second-order valence-electron chi connectivity index (χ2n) is 4.66. The molecule has 0 aliphatic rings. The number of aliphatic hydroxyl groups is 2. The first kappa shape index (κ1) is 13.9. The fourth-order valence-corrected chi connectivity index (χ4v) is 1.44. The summed E-state index contributed by atoms with van der Waals surface area (Å²) in [6.07, 6.45) is 0.760. The summed E-state index contributed by atoms with van der Waals surface area (Å²) in [7, 11) is 0. The van der Waals surface area contributed by atoms with Gasteiger partial charge in [0.1, 0.15) is 0 Å². The van der Waals surface area contributed by atoms with Crippen molar-refractivity contribution in [2.75, 3.05) is 26.2 Å². The van der Waals surface area contributed by atoms with E-state index in [1.807, 2.05) is 6.92 Å². The molecule has 0 saturated carbocycles. The lowest BCUT2D eigenvalue weighted by atomic mass is 9.87. The van der Waals surface area contributed by atoms with Crippen molar-refractivity contribution in [3.63, 3.8) is 0 Å². The molecule has 86 valence electrons. The summed E-state index contributed by atoms with van der Waals surface area (Å²) in [5, 5.41) is 18.5. The minimum absolute atomic E-state index is 0.107. The highest BCUT2D eigenvalue weighted by atomic mass is 16.3. The van der Waals surface area contributed by atoms with Crippen molar-refractivity contribution in [3.05, 3.63) is 0 Å². The summed E-state index contributed by atoms with van der Waals surface area (Å²) >= 11 is 0. The Balaban J connectivity index is 4.12. The molecule has 14 heavy (non-hydrogen) atoms. The number of rotatable bonds is 7. The van der Waals surface area contributed by atoms with E-state index >= 15 is 0 Å². The molecule has 0 aromatic carbocycles. The Labute approximate surface area is 87.7 Å². The van der Waals surface area contributed by atoms with E-state index in [0.29, 0.717) is 6.54 Å². The molecule has 0 fully saturated rings. The van der Waals surface area contributed by atoms with Crippen LogP contribution in [-0.4, -0.2) is 47.5 Å². The molecule has 2 N–H and O–H groups in total. The maximum Gasteiger partial charge on any atom is 0.0575 e. The second kappa shape index (κ2) is 6.38. The van der Waals surface area contributed by atoms with Gasteiger partial charge in [-0.1, -0.05) is 20.8 Å². The number of hydrogen-bond acceptors (Lipinski definition) is 3. The van der Waals surface area contributed by atoms with E-state index in [9.17, 15) is 5.11 Å². The first-order valence-corrected chi connectivity index (χ1v) is 5.45. The van der Waals surface area contributed by atoms with Gasteiger partial charge in [0.25, 0.3) is 0 Å². The predicted octanol–water partition coefficient (Wildman–Crippen LogP) is 1.10. The van der Waals surface area contributed by atoms with Crippen LogP contribution in [0.3, 0.4) is 0 Å². The quantitative estimate of drug-likeness (QED) is 0.651. The fourth-order valence-electron chi connectivity index (χ4n) is 1.44. The van der Waals surface area contributed by atoms with Crippen molar-refractivity contribution in [1.82, 2.24) is 4.90 Å². The third kappa shape index (κ3) is 4.94. The minimum atomic E-state index is -0.319. The molecule has 0 heterocycles. The highest BCUT2D eigenvalue weighted by Crippen LogP contribution is 2.21. The predicted molar refractivity (Wildman–Crippen MR) is 59.3 cm³/mol. The first-order chi connectivity index (χ1) is 6.44. The van der Waals surface area contributed by atoms with Gasteiger partial charge in [-0.25, -0.2) is 0 Å². The molecule has 0 aromatic heterocycles. The second-order valence-corrected chi connectivity index (χ2v) is 4.66. The third-order valence-corrected chi connectivity index (χ3v) is 2.72. The summed E-state index contributed by atoms with van der Waals surface area (Å²) in [6, 6.07) is 0. The average Bonchev–Trinajstić information content (AvgIpc) is 2.04. The zero-order chi connectivity index (χ0) is 11.2. The van der Waals surface area contributed by atoms with Gasteiger partial charge in [-0.3, -0.25) is 0 Å². The van der Waals surface area contributed by atoms with Crippen molar-refractivity contribution in [2.24, 2.45) is 5.41 Å². The Morgan fingerprint density at radius 3 is 2.21 bits per heavy atom. The van der Waals surface area contributed by atoms with Gasteiger partial charge in [-0.05, 0) is 19.9 Å². The Hall–Kier alpha value is -0.120. The third-order valence-electron chi connectivity index (χ3n) is 2.72. The highest BCUT2D eigenvalue weighted by molar-refractivity contribution is 4.78. The summed E-state index contributed by atoms with van der Waals surface area (Å²) in [5.41, 5.74) is -0.107. The van der Waals surface area contributed by atoms with E-state index in [2.05, 4.69) is 25.7 Å². The Bertz CT molecular complexity index is 140. The van der Waals surface area contributed by atoms with E-state index in [4.69, 9.17) is 5.11 Å². The molecule has 0 amide bonds. The van der Waals surface area contributed by atoms with Crippen molar-refractivity contribution in [1.29, 1.82) is 0 Å². The Morgan fingerprint density at radius 2 is 1.86 bits per heavy atom. The molecule has 3 heteroatoms. The molecule has 1 atom stereocenters. The van der Waals surface area contributed by atoms with Gasteiger partial charge in [-0.2, -0.15) is 0 Å². The lowest BCUT2D eigenvalue weighted by molar-refractivity contribution is 0.0301. The average molecular weight is 203 g/mol. The van der Waals surface area contributed by atoms with Crippen LogP contribution in [0, 0.1) is 5.41 Å². The lowest BCUT2D eigenvalue weighted by Crippen LogP contribution is -2.41. The zero-order valence-electron chi connectivity index (χ0n) is 9.95. The smallest absolute Gasteiger partial charge is 0.0575 e. The molecule has 0 radical (unpaired) electrons. The number of nitrogens with zero attached hydrogens (tertiary/aromatic N) is 1. The van der Waals surface area contributed by atoms with E-state index < -0.39 is 0 Å². The van der Waals surface area contributed by atoms with Crippen molar-refractivity contribution >= 4 is 0 Å². The van der Waals surface area contributed by atoms with Gasteiger partial charge >= 0.3 is 0 Å². The lowest BCUT2D eigenvalue weighted by Gasteiger charge is -2.34. The van der Waals surface area contributed by atoms with Crippen LogP contribution in [0.25, 0.3) is 0 Å². The Kier molecular flexibility index (Phi) is 6.33. The van der Waals surface area contributed by atoms with E-state index in [1.54, 1.807) is 0 Å². The van der Waals surface area contributed by atoms with E-state index in [-0.39, 0.29) is 18.1 Å². The van der Waals surface area contributed by atoms with Crippen LogP contribution in [0.1, 0.15) is 34.1 Å².